The van der Waals surface area contributed by atoms with Crippen molar-refractivity contribution in [1.82, 2.24) is 4.98 Å². The zero-order chi connectivity index (χ0) is 39.0. The van der Waals surface area contributed by atoms with E-state index in [-0.39, 0.29) is 35.7 Å². The molecule has 1 saturated carbocycles. The van der Waals surface area contributed by atoms with E-state index in [0.29, 0.717) is 43.6 Å². The van der Waals surface area contributed by atoms with Crippen molar-refractivity contribution in [2.24, 2.45) is 16.8 Å². The van der Waals surface area contributed by atoms with E-state index in [1.807, 2.05) is 42.6 Å². The number of phenols is 2. The minimum Gasteiger partial charge on any atom is -0.670 e. The zero-order valence-corrected chi connectivity index (χ0v) is 32.4. The van der Waals surface area contributed by atoms with Gasteiger partial charge in [0.1, 0.15) is 17.9 Å². The second-order valence-corrected chi connectivity index (χ2v) is 15.4. The number of rotatable bonds is 18. The molecule has 8 nitrogen and oxygen atoms in total. The number of carbonyl (C=O) groups is 1. The molecule has 5 aromatic rings. The van der Waals surface area contributed by atoms with Crippen LogP contribution in [0.25, 0.3) is 10.8 Å². The first-order chi connectivity index (χ1) is 27.3. The fourth-order valence-electron chi connectivity index (χ4n) is 8.55. The Kier molecular flexibility index (Phi) is 12.5. The number of allylic oxidation sites excluding steroid dienone is 1. The van der Waals surface area contributed by atoms with Crippen LogP contribution in [0, 0.1) is 18.4 Å². The minimum atomic E-state index is -0.963. The van der Waals surface area contributed by atoms with E-state index in [4.69, 9.17) is 9.47 Å². The van der Waals surface area contributed by atoms with Gasteiger partial charge >= 0.3 is 0 Å². The minimum absolute atomic E-state index is 0.0328. The molecule has 0 bridgehead atoms. The van der Waals surface area contributed by atoms with Gasteiger partial charge in [0.2, 0.25) is 0 Å². The van der Waals surface area contributed by atoms with E-state index >= 15 is 0 Å². The molecule has 7 rings (SSSR count). The number of aliphatic imine (C=N–C) groups is 1. The molecular formula is C48H52N2O6. The Morgan fingerprint density at radius 3 is 2.46 bits per heavy atom. The van der Waals surface area contributed by atoms with Gasteiger partial charge in [0.25, 0.3) is 0 Å². The molecule has 8 heteroatoms. The first-order valence-corrected chi connectivity index (χ1v) is 20.0. The van der Waals surface area contributed by atoms with Crippen LogP contribution in [0.3, 0.4) is 0 Å². The maximum Gasteiger partial charge on any atom is 0.176 e. The van der Waals surface area contributed by atoms with E-state index in [9.17, 15) is 20.1 Å². The van der Waals surface area contributed by atoms with Gasteiger partial charge < -0.3 is 29.8 Å². The fraction of sp³-hybridized carbons (Fsp3) is 0.354. The van der Waals surface area contributed by atoms with Crippen LogP contribution in [0.15, 0.2) is 102 Å². The molecule has 0 saturated heterocycles. The van der Waals surface area contributed by atoms with Crippen molar-refractivity contribution in [3.63, 3.8) is 0 Å². The van der Waals surface area contributed by atoms with Gasteiger partial charge in [-0.15, -0.1) is 4.99 Å². The van der Waals surface area contributed by atoms with Crippen molar-refractivity contribution in [2.45, 2.75) is 89.8 Å². The highest BCUT2D eigenvalue weighted by Gasteiger charge is 2.31. The van der Waals surface area contributed by atoms with E-state index in [1.165, 1.54) is 11.1 Å². The quantitative estimate of drug-likeness (QED) is 0.0765. The number of nitrogens with zero attached hydrogens (tertiary/aromatic N) is 2. The van der Waals surface area contributed by atoms with Gasteiger partial charge in [-0.2, -0.15) is 12.4 Å². The molecule has 2 aliphatic rings. The van der Waals surface area contributed by atoms with Crippen LogP contribution in [0.4, 0.5) is 0 Å². The summed E-state index contributed by atoms with van der Waals surface area (Å²) in [7, 11) is 1.58. The van der Waals surface area contributed by atoms with Crippen molar-refractivity contribution >= 4 is 22.8 Å². The third-order valence-electron chi connectivity index (χ3n) is 11.6. The van der Waals surface area contributed by atoms with Gasteiger partial charge in [0.05, 0.1) is 25.4 Å². The number of aryl methyl sites for hydroxylation is 1. The van der Waals surface area contributed by atoms with Crippen LogP contribution < -0.4 is 14.5 Å². The van der Waals surface area contributed by atoms with Crippen molar-refractivity contribution in [1.29, 1.82) is 0 Å². The Balaban J connectivity index is 1.17. The average molecular weight is 753 g/mol. The van der Waals surface area contributed by atoms with Crippen LogP contribution in [0.2, 0.25) is 0 Å². The first kappa shape index (κ1) is 38.8. The molecule has 1 fully saturated rings. The third-order valence-corrected chi connectivity index (χ3v) is 11.6. The predicted molar refractivity (Wildman–Crippen MR) is 221 cm³/mol. The Labute approximate surface area is 329 Å². The number of phenolic OH excluding ortho intramolecular Hbond substituents is 2. The summed E-state index contributed by atoms with van der Waals surface area (Å²) in [6.45, 7) is 3.88. The number of aliphatic hydroxyl groups excluding tert-OH is 1. The molecule has 0 spiro atoms. The van der Waals surface area contributed by atoms with Crippen molar-refractivity contribution in [3.8, 4) is 23.0 Å². The van der Waals surface area contributed by atoms with Crippen molar-refractivity contribution < 1.29 is 29.6 Å². The number of ketones is 1. The number of benzene rings is 4. The normalized spacial score (nSPS) is 15.7. The second-order valence-electron chi connectivity index (χ2n) is 15.4. The standard InChI is InChI=1S/C48H52N2O6/c1-3-34-13-14-35-8-4-7-11-40(35)41(34)27-42-36(15-17-44(52)48(42)55-2)26-38(24-33-19-21-50-30-33)46(54)28-45(53)37(23-32-18-20-49-29-32)22-31-12-16-43(51)47(25-31)56-39-9-5-6-10-39/h4,7-8,11-21,25,29-30,37-39,46,51-52,54H,3,5-6,9-10,22-24,26-28H2,1-2H3. The summed E-state index contributed by atoms with van der Waals surface area (Å²) in [5.41, 5.74) is 7.05. The number of carbonyl (C=O) groups excluding carboxylic acids is 1. The summed E-state index contributed by atoms with van der Waals surface area (Å²) in [6, 6.07) is 23.6. The molecule has 1 aliphatic heterocycles. The van der Waals surface area contributed by atoms with Crippen molar-refractivity contribution in [3.05, 3.63) is 137 Å². The topological polar surface area (TPSA) is 123 Å². The Morgan fingerprint density at radius 1 is 0.911 bits per heavy atom. The van der Waals surface area contributed by atoms with Crippen LogP contribution in [-0.4, -0.2) is 46.6 Å². The number of aromatic nitrogens is 1. The van der Waals surface area contributed by atoms with E-state index < -0.39 is 12.0 Å². The zero-order valence-electron chi connectivity index (χ0n) is 32.4. The molecular weight excluding hydrogens is 701 g/mol. The molecule has 4 aromatic carbocycles. The monoisotopic (exact) mass is 752 g/mol. The molecule has 2 heterocycles. The summed E-state index contributed by atoms with van der Waals surface area (Å²) < 4.78 is 12.1. The second kappa shape index (κ2) is 18.0. The van der Waals surface area contributed by atoms with E-state index in [1.54, 1.807) is 38.2 Å². The molecule has 3 N–H and O–H groups in total. The summed E-state index contributed by atoms with van der Waals surface area (Å²) in [4.78, 5) is 22.9. The van der Waals surface area contributed by atoms with Gasteiger partial charge in [-0.25, -0.2) is 0 Å². The summed E-state index contributed by atoms with van der Waals surface area (Å²) in [5.74, 6) is 0.229. The molecule has 0 amide bonds. The number of ether oxygens (including phenoxy) is 2. The fourth-order valence-corrected chi connectivity index (χ4v) is 8.55. The summed E-state index contributed by atoms with van der Waals surface area (Å²) >= 11 is 0. The highest BCUT2D eigenvalue weighted by Crippen LogP contribution is 2.39. The largest absolute Gasteiger partial charge is 0.670 e. The average Bonchev–Trinajstić information content (AvgIpc) is 4.03. The molecule has 290 valence electrons. The molecule has 1 aliphatic carbocycles. The summed E-state index contributed by atoms with van der Waals surface area (Å²) in [6.07, 6.45) is 13.8. The van der Waals surface area contributed by atoms with Crippen molar-refractivity contribution in [2.75, 3.05) is 7.11 Å². The van der Waals surface area contributed by atoms with Gasteiger partial charge in [-0.3, -0.25) is 4.79 Å². The Bertz CT molecular complexity index is 2180. The number of Topliss-reactive ketones (excluding diaryl/α,β-unsaturated/α-hetero) is 1. The van der Waals surface area contributed by atoms with Gasteiger partial charge in [0, 0.05) is 30.7 Å². The van der Waals surface area contributed by atoms with E-state index in [0.717, 1.165) is 70.7 Å². The van der Waals surface area contributed by atoms with Gasteiger partial charge in [0.15, 0.2) is 29.2 Å². The summed E-state index contributed by atoms with van der Waals surface area (Å²) in [5, 5.41) is 36.1. The van der Waals surface area contributed by atoms with Gasteiger partial charge in [-0.1, -0.05) is 67.1 Å². The smallest absolute Gasteiger partial charge is 0.176 e. The Morgan fingerprint density at radius 2 is 1.71 bits per heavy atom. The lowest BCUT2D eigenvalue weighted by molar-refractivity contribution is -0.125. The van der Waals surface area contributed by atoms with E-state index in [2.05, 4.69) is 47.2 Å². The van der Waals surface area contributed by atoms with Crippen LogP contribution in [0.5, 0.6) is 23.0 Å². The highest BCUT2D eigenvalue weighted by atomic mass is 16.5. The molecule has 1 aromatic heterocycles. The Hall–Kier alpha value is -5.47. The predicted octanol–water partition coefficient (Wildman–Crippen LogP) is 8.83. The number of fused-ring (bicyclic) bond motifs is 1. The van der Waals surface area contributed by atoms with Crippen LogP contribution in [-0.2, 0) is 36.9 Å². The lowest BCUT2D eigenvalue weighted by Crippen LogP contribution is -2.31. The molecule has 3 atom stereocenters. The molecule has 0 radical (unpaired) electrons. The number of methoxy groups -OCH3 is 1. The SMILES string of the molecule is CCc1ccc2ccccc2c1Cc1c(CC(Cc2cc[n-]c2)C(O)CC(=O)C(CC2=C[CH+]N=C2)Cc2ccc(O)c(OC3CCCC3)c2)ccc(O)c1OC. The maximum absolute atomic E-state index is 14.4. The third kappa shape index (κ3) is 9.14. The number of hydrogen-bond acceptors (Lipinski definition) is 7. The molecule has 3 unspecified atom stereocenters. The lowest BCUT2D eigenvalue weighted by Gasteiger charge is -2.26. The maximum atomic E-state index is 14.4. The number of hydrogen-bond donors (Lipinski definition) is 3. The number of aromatic hydroxyl groups is 2. The first-order valence-electron chi connectivity index (χ1n) is 20.0. The van der Waals surface area contributed by atoms with Crippen LogP contribution in [0.1, 0.15) is 78.8 Å². The van der Waals surface area contributed by atoms with Gasteiger partial charge in [-0.05, 0) is 109 Å². The molecule has 56 heavy (non-hydrogen) atoms. The van der Waals surface area contributed by atoms with Crippen LogP contribution >= 0.6 is 0 Å². The highest BCUT2D eigenvalue weighted by molar-refractivity contribution is 5.88. The lowest BCUT2D eigenvalue weighted by atomic mass is 9.81. The number of aliphatic hydroxyl groups is 1.